The third kappa shape index (κ3) is 2.62. The largest absolute Gasteiger partial charge is 0.324 e. The predicted octanol–water partition coefficient (Wildman–Crippen LogP) is 3.22. The molecule has 0 aliphatic heterocycles. The van der Waals surface area contributed by atoms with Crippen molar-refractivity contribution in [2.45, 2.75) is 45.6 Å². The second kappa shape index (κ2) is 4.96. The van der Waals surface area contributed by atoms with Gasteiger partial charge in [-0.2, -0.15) is 0 Å². The van der Waals surface area contributed by atoms with Crippen LogP contribution >= 0.6 is 0 Å². The van der Waals surface area contributed by atoms with Gasteiger partial charge in [0.15, 0.2) is 0 Å². The summed E-state index contributed by atoms with van der Waals surface area (Å²) in [4.78, 5) is 4.33. The standard InChI is InChI=1S/C14H22N2/c1-10-4-3-5-12(8-10)14(15)13-7-6-11(2)16-9-13/h6-7,9-10,12,14H,3-5,8,15H2,1-2H3. The molecule has 88 valence electrons. The molecule has 0 saturated heterocycles. The molecule has 0 aromatic carbocycles. The van der Waals surface area contributed by atoms with E-state index in [0.717, 1.165) is 11.6 Å². The minimum atomic E-state index is 0.177. The Hall–Kier alpha value is -0.890. The molecule has 0 spiro atoms. The lowest BCUT2D eigenvalue weighted by Gasteiger charge is -2.31. The highest BCUT2D eigenvalue weighted by Gasteiger charge is 2.25. The van der Waals surface area contributed by atoms with Crippen LogP contribution in [0.1, 0.15) is 49.9 Å². The molecule has 1 aliphatic carbocycles. The van der Waals surface area contributed by atoms with Crippen LogP contribution in [0, 0.1) is 18.8 Å². The van der Waals surface area contributed by atoms with E-state index in [1.165, 1.54) is 31.2 Å². The molecule has 2 nitrogen and oxygen atoms in total. The minimum Gasteiger partial charge on any atom is -0.324 e. The van der Waals surface area contributed by atoms with Crippen molar-refractivity contribution in [3.63, 3.8) is 0 Å². The molecule has 1 fully saturated rings. The summed E-state index contributed by atoms with van der Waals surface area (Å²) in [6.45, 7) is 4.35. The SMILES string of the molecule is Cc1ccc(C(N)C2CCCC(C)C2)cn1. The molecule has 1 aromatic rings. The maximum absolute atomic E-state index is 6.34. The average Bonchev–Trinajstić information content (AvgIpc) is 2.29. The zero-order chi connectivity index (χ0) is 11.5. The van der Waals surface area contributed by atoms with Gasteiger partial charge in [0.05, 0.1) is 0 Å². The molecule has 2 N–H and O–H groups in total. The number of aryl methyl sites for hydroxylation is 1. The van der Waals surface area contributed by atoms with E-state index in [1.54, 1.807) is 0 Å². The Morgan fingerprint density at radius 2 is 2.19 bits per heavy atom. The van der Waals surface area contributed by atoms with E-state index in [9.17, 15) is 0 Å². The first-order valence-corrected chi connectivity index (χ1v) is 6.35. The zero-order valence-electron chi connectivity index (χ0n) is 10.3. The Balaban J connectivity index is 2.06. The van der Waals surface area contributed by atoms with Crippen LogP contribution < -0.4 is 5.73 Å². The zero-order valence-corrected chi connectivity index (χ0v) is 10.3. The van der Waals surface area contributed by atoms with Crippen molar-refractivity contribution >= 4 is 0 Å². The van der Waals surface area contributed by atoms with Crippen LogP contribution in [0.4, 0.5) is 0 Å². The summed E-state index contributed by atoms with van der Waals surface area (Å²) in [5, 5.41) is 0. The van der Waals surface area contributed by atoms with Gasteiger partial charge in [-0.15, -0.1) is 0 Å². The second-order valence-electron chi connectivity index (χ2n) is 5.29. The Labute approximate surface area is 98.3 Å². The summed E-state index contributed by atoms with van der Waals surface area (Å²) in [6, 6.07) is 4.36. The molecule has 1 saturated carbocycles. The minimum absolute atomic E-state index is 0.177. The molecule has 0 bridgehead atoms. The Bertz CT molecular complexity index is 331. The number of pyridine rings is 1. The fourth-order valence-electron chi connectivity index (χ4n) is 2.76. The van der Waals surface area contributed by atoms with E-state index in [-0.39, 0.29) is 6.04 Å². The van der Waals surface area contributed by atoms with Gasteiger partial charge in [-0.25, -0.2) is 0 Å². The van der Waals surface area contributed by atoms with Crippen LogP contribution in [0.25, 0.3) is 0 Å². The summed E-state index contributed by atoms with van der Waals surface area (Å²) in [5.74, 6) is 1.48. The molecule has 1 aromatic heterocycles. The third-order valence-electron chi connectivity index (χ3n) is 3.80. The number of hydrogen-bond acceptors (Lipinski definition) is 2. The molecular weight excluding hydrogens is 196 g/mol. The normalized spacial score (nSPS) is 27.7. The number of hydrogen-bond donors (Lipinski definition) is 1. The van der Waals surface area contributed by atoms with E-state index >= 15 is 0 Å². The van der Waals surface area contributed by atoms with Crippen molar-refractivity contribution in [1.29, 1.82) is 0 Å². The summed E-state index contributed by atoms with van der Waals surface area (Å²) < 4.78 is 0. The van der Waals surface area contributed by atoms with Crippen LogP contribution in [0.5, 0.6) is 0 Å². The van der Waals surface area contributed by atoms with Gasteiger partial charge in [0, 0.05) is 17.9 Å². The quantitative estimate of drug-likeness (QED) is 0.827. The van der Waals surface area contributed by atoms with E-state index in [1.807, 2.05) is 13.1 Å². The average molecular weight is 218 g/mol. The summed E-state index contributed by atoms with van der Waals surface area (Å²) in [7, 11) is 0. The highest BCUT2D eigenvalue weighted by molar-refractivity contribution is 5.17. The molecule has 1 aliphatic rings. The molecule has 1 heterocycles. The number of nitrogens with zero attached hydrogens (tertiary/aromatic N) is 1. The van der Waals surface area contributed by atoms with Gasteiger partial charge in [-0.3, -0.25) is 4.98 Å². The molecule has 2 rings (SSSR count). The van der Waals surface area contributed by atoms with Gasteiger partial charge in [-0.05, 0) is 43.2 Å². The van der Waals surface area contributed by atoms with E-state index in [0.29, 0.717) is 5.92 Å². The predicted molar refractivity (Wildman–Crippen MR) is 67.0 cm³/mol. The molecule has 3 unspecified atom stereocenters. The van der Waals surface area contributed by atoms with Crippen LogP contribution in [0.3, 0.4) is 0 Å². The number of nitrogens with two attached hydrogens (primary N) is 1. The van der Waals surface area contributed by atoms with Gasteiger partial charge in [-0.1, -0.05) is 25.8 Å². The molecular formula is C14H22N2. The first kappa shape index (κ1) is 11.6. The van der Waals surface area contributed by atoms with Crippen molar-refractivity contribution in [2.75, 3.05) is 0 Å². The van der Waals surface area contributed by atoms with Crippen molar-refractivity contribution in [1.82, 2.24) is 4.98 Å². The van der Waals surface area contributed by atoms with Crippen LogP contribution in [0.2, 0.25) is 0 Å². The van der Waals surface area contributed by atoms with Crippen LogP contribution in [0.15, 0.2) is 18.3 Å². The molecule has 16 heavy (non-hydrogen) atoms. The molecule has 0 radical (unpaired) electrons. The lowest BCUT2D eigenvalue weighted by Crippen LogP contribution is -2.26. The first-order valence-electron chi connectivity index (χ1n) is 6.35. The van der Waals surface area contributed by atoms with E-state index < -0.39 is 0 Å². The van der Waals surface area contributed by atoms with Crippen molar-refractivity contribution in [2.24, 2.45) is 17.6 Å². The van der Waals surface area contributed by atoms with Gasteiger partial charge in [0.2, 0.25) is 0 Å². The molecule has 0 amide bonds. The first-order chi connectivity index (χ1) is 7.66. The molecule has 2 heteroatoms. The second-order valence-corrected chi connectivity index (χ2v) is 5.29. The monoisotopic (exact) mass is 218 g/mol. The van der Waals surface area contributed by atoms with Crippen molar-refractivity contribution in [3.05, 3.63) is 29.6 Å². The number of rotatable bonds is 2. The highest BCUT2D eigenvalue weighted by Crippen LogP contribution is 2.35. The smallest absolute Gasteiger partial charge is 0.0372 e. The fraction of sp³-hybridized carbons (Fsp3) is 0.643. The van der Waals surface area contributed by atoms with Gasteiger partial charge < -0.3 is 5.73 Å². The van der Waals surface area contributed by atoms with Crippen molar-refractivity contribution < 1.29 is 0 Å². The third-order valence-corrected chi connectivity index (χ3v) is 3.80. The maximum Gasteiger partial charge on any atom is 0.0372 e. The van der Waals surface area contributed by atoms with Crippen LogP contribution in [-0.2, 0) is 0 Å². The topological polar surface area (TPSA) is 38.9 Å². The van der Waals surface area contributed by atoms with Gasteiger partial charge in [0.1, 0.15) is 0 Å². The molecule has 3 atom stereocenters. The summed E-state index contributed by atoms with van der Waals surface area (Å²) in [5.41, 5.74) is 8.60. The Morgan fingerprint density at radius 3 is 2.81 bits per heavy atom. The van der Waals surface area contributed by atoms with E-state index in [2.05, 4.69) is 24.0 Å². The lowest BCUT2D eigenvalue weighted by molar-refractivity contribution is 0.248. The van der Waals surface area contributed by atoms with Crippen LogP contribution in [-0.4, -0.2) is 4.98 Å². The summed E-state index contributed by atoms with van der Waals surface area (Å²) >= 11 is 0. The highest BCUT2D eigenvalue weighted by atomic mass is 14.7. The van der Waals surface area contributed by atoms with Crippen molar-refractivity contribution in [3.8, 4) is 0 Å². The number of aromatic nitrogens is 1. The summed E-state index contributed by atoms with van der Waals surface area (Å²) in [6.07, 6.45) is 7.20. The lowest BCUT2D eigenvalue weighted by atomic mass is 9.77. The Morgan fingerprint density at radius 1 is 1.38 bits per heavy atom. The Kier molecular flexibility index (Phi) is 3.59. The van der Waals surface area contributed by atoms with Gasteiger partial charge in [0.25, 0.3) is 0 Å². The van der Waals surface area contributed by atoms with Gasteiger partial charge >= 0.3 is 0 Å². The maximum atomic E-state index is 6.34. The fourth-order valence-corrected chi connectivity index (χ4v) is 2.76. The van der Waals surface area contributed by atoms with E-state index in [4.69, 9.17) is 5.73 Å².